The normalized spacial score (nSPS) is 17.4. The highest BCUT2D eigenvalue weighted by Gasteiger charge is 2.40. The third-order valence-electron chi connectivity index (χ3n) is 3.12. The van der Waals surface area contributed by atoms with Gasteiger partial charge in [0.2, 0.25) is 5.91 Å². The fourth-order valence-electron chi connectivity index (χ4n) is 2.15. The molecule has 5 heteroatoms. The highest BCUT2D eigenvalue weighted by atomic mass is 35.5. The van der Waals surface area contributed by atoms with Crippen LogP contribution in [0.1, 0.15) is 24.8 Å². The van der Waals surface area contributed by atoms with E-state index in [4.69, 9.17) is 11.6 Å². The summed E-state index contributed by atoms with van der Waals surface area (Å²) in [7, 11) is 0. The summed E-state index contributed by atoms with van der Waals surface area (Å²) in [5, 5.41) is 2.75. The predicted molar refractivity (Wildman–Crippen MR) is 60.7 cm³/mol. The lowest BCUT2D eigenvalue weighted by Gasteiger charge is -2.43. The molecular weight excluding hydrogens is 248 g/mol. The summed E-state index contributed by atoms with van der Waals surface area (Å²) in [5.74, 6) is -1.74. The van der Waals surface area contributed by atoms with Crippen molar-refractivity contribution in [3.05, 3.63) is 35.4 Å². The first-order valence-corrected chi connectivity index (χ1v) is 5.93. The van der Waals surface area contributed by atoms with Crippen LogP contribution in [-0.2, 0) is 10.3 Å². The van der Waals surface area contributed by atoms with E-state index in [1.165, 1.54) is 12.1 Å². The summed E-state index contributed by atoms with van der Waals surface area (Å²) in [6, 6.07) is 3.34. The van der Waals surface area contributed by atoms with Gasteiger partial charge in [0.25, 0.3) is 0 Å². The molecule has 0 radical (unpaired) electrons. The Balaban J connectivity index is 2.31. The van der Waals surface area contributed by atoms with Crippen molar-refractivity contribution in [3.8, 4) is 0 Å². The molecule has 0 unspecified atom stereocenters. The Bertz CT molecular complexity index is 426. The van der Waals surface area contributed by atoms with Gasteiger partial charge in [-0.2, -0.15) is 0 Å². The van der Waals surface area contributed by atoms with Crippen molar-refractivity contribution in [3.63, 3.8) is 0 Å². The third kappa shape index (κ3) is 2.41. The van der Waals surface area contributed by atoms with Crippen molar-refractivity contribution in [2.24, 2.45) is 0 Å². The molecule has 0 bridgehead atoms. The zero-order valence-electron chi connectivity index (χ0n) is 9.10. The molecule has 1 aromatic carbocycles. The smallest absolute Gasteiger partial charge is 0.235 e. The summed E-state index contributed by atoms with van der Waals surface area (Å²) in [6.45, 7) is 0. The Morgan fingerprint density at radius 2 is 1.88 bits per heavy atom. The Morgan fingerprint density at radius 1 is 1.29 bits per heavy atom. The molecule has 0 atom stereocenters. The predicted octanol–water partition coefficient (Wildman–Crippen LogP) is 2.70. The van der Waals surface area contributed by atoms with Crippen molar-refractivity contribution in [1.82, 2.24) is 5.32 Å². The largest absolute Gasteiger partial charge is 0.346 e. The Labute approximate surface area is 103 Å². The van der Waals surface area contributed by atoms with E-state index in [1.54, 1.807) is 0 Å². The van der Waals surface area contributed by atoms with E-state index in [9.17, 15) is 13.6 Å². The summed E-state index contributed by atoms with van der Waals surface area (Å²) in [5.41, 5.74) is -0.172. The number of rotatable bonds is 3. The topological polar surface area (TPSA) is 29.1 Å². The molecule has 17 heavy (non-hydrogen) atoms. The van der Waals surface area contributed by atoms with Crippen LogP contribution in [0.5, 0.6) is 0 Å². The molecule has 0 spiro atoms. The van der Waals surface area contributed by atoms with Crippen LogP contribution < -0.4 is 5.32 Å². The second kappa shape index (κ2) is 4.61. The van der Waals surface area contributed by atoms with E-state index in [1.807, 2.05) is 0 Å². The standard InChI is InChI=1S/C12H12ClF2NO/c13-7-11(17)16-12(2-1-3-12)8-4-9(14)6-10(15)5-8/h4-6H,1-3,7H2,(H,16,17). The van der Waals surface area contributed by atoms with Crippen molar-refractivity contribution in [2.45, 2.75) is 24.8 Å². The third-order valence-corrected chi connectivity index (χ3v) is 3.37. The summed E-state index contributed by atoms with van der Waals surface area (Å²) >= 11 is 5.43. The fourth-order valence-corrected chi connectivity index (χ4v) is 2.21. The number of carbonyl (C=O) groups excluding carboxylic acids is 1. The molecule has 1 aliphatic rings. The van der Waals surface area contributed by atoms with Crippen LogP contribution in [-0.4, -0.2) is 11.8 Å². The second-order valence-corrected chi connectivity index (χ2v) is 4.54. The van der Waals surface area contributed by atoms with Crippen LogP contribution in [0.15, 0.2) is 18.2 Å². The van der Waals surface area contributed by atoms with Crippen LogP contribution in [0.2, 0.25) is 0 Å². The van der Waals surface area contributed by atoms with E-state index < -0.39 is 17.2 Å². The Kier molecular flexibility index (Phi) is 3.33. The van der Waals surface area contributed by atoms with Gasteiger partial charge < -0.3 is 5.32 Å². The Hall–Kier alpha value is -1.16. The van der Waals surface area contributed by atoms with Gasteiger partial charge in [0.15, 0.2) is 0 Å². The van der Waals surface area contributed by atoms with Gasteiger partial charge in [-0.3, -0.25) is 4.79 Å². The number of hydrogen-bond donors (Lipinski definition) is 1. The van der Waals surface area contributed by atoms with Crippen molar-refractivity contribution < 1.29 is 13.6 Å². The van der Waals surface area contributed by atoms with E-state index >= 15 is 0 Å². The summed E-state index contributed by atoms with van der Waals surface area (Å²) in [4.78, 5) is 11.3. The van der Waals surface area contributed by atoms with Crippen LogP contribution in [0, 0.1) is 11.6 Å². The minimum atomic E-state index is -0.644. The minimum Gasteiger partial charge on any atom is -0.346 e. The molecule has 92 valence electrons. The highest BCUT2D eigenvalue weighted by Crippen LogP contribution is 2.41. The van der Waals surface area contributed by atoms with E-state index in [2.05, 4.69) is 5.32 Å². The molecule has 1 N–H and O–H groups in total. The first-order chi connectivity index (χ1) is 8.05. The lowest BCUT2D eigenvalue weighted by molar-refractivity contribution is -0.121. The first kappa shape index (κ1) is 12.3. The number of halogens is 3. The molecule has 1 fully saturated rings. The average Bonchev–Trinajstić information content (AvgIpc) is 2.21. The van der Waals surface area contributed by atoms with Gasteiger partial charge in [0.05, 0.1) is 5.54 Å². The average molecular weight is 260 g/mol. The van der Waals surface area contributed by atoms with Crippen LogP contribution in [0.25, 0.3) is 0 Å². The van der Waals surface area contributed by atoms with Crippen LogP contribution in [0.4, 0.5) is 8.78 Å². The molecule has 1 saturated carbocycles. The molecule has 2 nitrogen and oxygen atoms in total. The molecular formula is C12H12ClF2NO. The maximum atomic E-state index is 13.2. The zero-order valence-corrected chi connectivity index (χ0v) is 9.86. The highest BCUT2D eigenvalue weighted by molar-refractivity contribution is 6.27. The molecule has 1 aliphatic carbocycles. The minimum absolute atomic E-state index is 0.153. The van der Waals surface area contributed by atoms with Gasteiger partial charge in [0.1, 0.15) is 17.5 Å². The maximum Gasteiger partial charge on any atom is 0.235 e. The molecule has 0 aliphatic heterocycles. The van der Waals surface area contributed by atoms with Crippen molar-refractivity contribution in [2.75, 3.05) is 5.88 Å². The monoisotopic (exact) mass is 259 g/mol. The first-order valence-electron chi connectivity index (χ1n) is 5.39. The van der Waals surface area contributed by atoms with Crippen LogP contribution in [0.3, 0.4) is 0 Å². The zero-order chi connectivity index (χ0) is 12.5. The molecule has 0 saturated heterocycles. The molecule has 2 rings (SSSR count). The lowest BCUT2D eigenvalue weighted by atomic mass is 9.71. The summed E-state index contributed by atoms with van der Waals surface area (Å²) < 4.78 is 26.3. The van der Waals surface area contributed by atoms with Crippen LogP contribution >= 0.6 is 11.6 Å². The quantitative estimate of drug-likeness (QED) is 0.831. The van der Waals surface area contributed by atoms with Crippen molar-refractivity contribution in [1.29, 1.82) is 0 Å². The fraction of sp³-hybridized carbons (Fsp3) is 0.417. The van der Waals surface area contributed by atoms with Gasteiger partial charge in [-0.05, 0) is 37.0 Å². The molecule has 0 aromatic heterocycles. The number of benzene rings is 1. The van der Waals surface area contributed by atoms with Gasteiger partial charge >= 0.3 is 0 Å². The van der Waals surface area contributed by atoms with E-state index in [0.717, 1.165) is 12.5 Å². The number of amides is 1. The van der Waals surface area contributed by atoms with Gasteiger partial charge in [-0.15, -0.1) is 11.6 Å². The Morgan fingerprint density at radius 3 is 2.29 bits per heavy atom. The maximum absolute atomic E-state index is 13.2. The molecule has 1 amide bonds. The van der Waals surface area contributed by atoms with E-state index in [-0.39, 0.29) is 11.8 Å². The van der Waals surface area contributed by atoms with Gasteiger partial charge in [0, 0.05) is 6.07 Å². The number of alkyl halides is 1. The number of hydrogen-bond acceptors (Lipinski definition) is 1. The summed E-state index contributed by atoms with van der Waals surface area (Å²) in [6.07, 6.45) is 2.28. The second-order valence-electron chi connectivity index (χ2n) is 4.28. The molecule has 0 heterocycles. The molecule has 1 aromatic rings. The van der Waals surface area contributed by atoms with Crippen molar-refractivity contribution >= 4 is 17.5 Å². The number of carbonyl (C=O) groups is 1. The lowest BCUT2D eigenvalue weighted by Crippen LogP contribution is -2.51. The SMILES string of the molecule is O=C(CCl)NC1(c2cc(F)cc(F)c2)CCC1. The van der Waals surface area contributed by atoms with E-state index in [0.29, 0.717) is 18.4 Å². The van der Waals surface area contributed by atoms with Gasteiger partial charge in [-0.1, -0.05) is 0 Å². The number of nitrogens with one attached hydrogen (secondary N) is 1. The van der Waals surface area contributed by atoms with Gasteiger partial charge in [-0.25, -0.2) is 8.78 Å².